The molecule has 5 heteroatoms. The van der Waals surface area contributed by atoms with Crippen LogP contribution < -0.4 is 5.32 Å². The molecule has 1 N–H and O–H groups in total. The minimum Gasteiger partial charge on any atom is -0.373 e. The van der Waals surface area contributed by atoms with Gasteiger partial charge in [-0.3, -0.25) is 0 Å². The second-order valence-electron chi connectivity index (χ2n) is 4.77. The normalized spacial score (nSPS) is 14.8. The number of hydrogen-bond donors (Lipinski definition) is 1. The van der Waals surface area contributed by atoms with Gasteiger partial charge in [0, 0.05) is 26.1 Å². The van der Waals surface area contributed by atoms with Crippen molar-refractivity contribution in [2.75, 3.05) is 12.4 Å². The van der Waals surface area contributed by atoms with Crippen LogP contribution in [0.3, 0.4) is 0 Å². The molecule has 0 radical (unpaired) electrons. The van der Waals surface area contributed by atoms with Gasteiger partial charge in [0.25, 0.3) is 0 Å². The molecule has 0 amide bonds. The molecule has 0 aromatic carbocycles. The average molecular weight is 243 g/mol. The molecular weight excluding hydrogens is 226 g/mol. The van der Waals surface area contributed by atoms with Gasteiger partial charge in [-0.15, -0.1) is 0 Å². The van der Waals surface area contributed by atoms with E-state index in [4.69, 9.17) is 0 Å². The predicted octanol–water partition coefficient (Wildman–Crippen LogP) is 2.10. The number of aryl methyl sites for hydroxylation is 1. The monoisotopic (exact) mass is 243 g/mol. The summed E-state index contributed by atoms with van der Waals surface area (Å²) in [5, 5.41) is 3.11. The molecule has 18 heavy (non-hydrogen) atoms. The summed E-state index contributed by atoms with van der Waals surface area (Å²) >= 11 is 0. The fourth-order valence-electron chi connectivity index (χ4n) is 1.99. The second kappa shape index (κ2) is 4.08. The fraction of sp³-hybridized carbons (Fsp3) is 0.462. The van der Waals surface area contributed by atoms with Crippen molar-refractivity contribution in [1.29, 1.82) is 0 Å². The van der Waals surface area contributed by atoms with E-state index in [1.54, 1.807) is 0 Å². The maximum absolute atomic E-state index is 4.68. The molecule has 1 saturated carbocycles. The zero-order valence-corrected chi connectivity index (χ0v) is 10.9. The molecule has 1 aliphatic carbocycles. The van der Waals surface area contributed by atoms with Crippen LogP contribution in [0.15, 0.2) is 12.3 Å². The van der Waals surface area contributed by atoms with Gasteiger partial charge in [-0.2, -0.15) is 0 Å². The van der Waals surface area contributed by atoms with Gasteiger partial charge in [0.15, 0.2) is 0 Å². The Kier molecular flexibility index (Phi) is 2.54. The molecule has 2 aromatic rings. The molecule has 0 saturated heterocycles. The minimum absolute atomic E-state index is 0.548. The van der Waals surface area contributed by atoms with Crippen molar-refractivity contribution in [3.05, 3.63) is 23.9 Å². The summed E-state index contributed by atoms with van der Waals surface area (Å²) in [7, 11) is 3.90. The van der Waals surface area contributed by atoms with Gasteiger partial charge in [0.2, 0.25) is 0 Å². The molecule has 3 rings (SSSR count). The smallest absolute Gasteiger partial charge is 0.134 e. The second-order valence-corrected chi connectivity index (χ2v) is 4.77. The Labute approximate surface area is 106 Å². The zero-order chi connectivity index (χ0) is 12.7. The third kappa shape index (κ3) is 1.85. The number of rotatable bonds is 3. The maximum atomic E-state index is 4.68. The first-order valence-corrected chi connectivity index (χ1v) is 6.24. The predicted molar refractivity (Wildman–Crippen MR) is 70.5 cm³/mol. The maximum Gasteiger partial charge on any atom is 0.134 e. The number of anilines is 1. The molecule has 5 nitrogen and oxygen atoms in total. The lowest BCUT2D eigenvalue weighted by Crippen LogP contribution is -2.03. The highest BCUT2D eigenvalue weighted by molar-refractivity contribution is 5.59. The summed E-state index contributed by atoms with van der Waals surface area (Å²) in [6.45, 7) is 1.99. The van der Waals surface area contributed by atoms with Gasteiger partial charge in [-0.25, -0.2) is 15.0 Å². The largest absolute Gasteiger partial charge is 0.373 e. The van der Waals surface area contributed by atoms with E-state index >= 15 is 0 Å². The van der Waals surface area contributed by atoms with E-state index in [-0.39, 0.29) is 0 Å². The molecule has 0 bridgehead atoms. The van der Waals surface area contributed by atoms with Crippen molar-refractivity contribution >= 4 is 5.82 Å². The Hall–Kier alpha value is -1.91. The molecule has 2 heterocycles. The third-order valence-corrected chi connectivity index (χ3v) is 3.42. The van der Waals surface area contributed by atoms with Crippen molar-refractivity contribution in [3.63, 3.8) is 0 Å². The summed E-state index contributed by atoms with van der Waals surface area (Å²) in [4.78, 5) is 13.5. The van der Waals surface area contributed by atoms with Crippen LogP contribution in [0.25, 0.3) is 11.4 Å². The molecule has 1 fully saturated rings. The Balaban J connectivity index is 2.10. The third-order valence-electron chi connectivity index (χ3n) is 3.42. The quantitative estimate of drug-likeness (QED) is 0.897. The van der Waals surface area contributed by atoms with E-state index in [0.29, 0.717) is 5.92 Å². The first-order chi connectivity index (χ1) is 8.69. The summed E-state index contributed by atoms with van der Waals surface area (Å²) < 4.78 is 2.05. The zero-order valence-electron chi connectivity index (χ0n) is 10.9. The van der Waals surface area contributed by atoms with Crippen LogP contribution in [-0.2, 0) is 7.05 Å². The Morgan fingerprint density at radius 3 is 2.67 bits per heavy atom. The molecule has 1 aliphatic rings. The van der Waals surface area contributed by atoms with Crippen molar-refractivity contribution in [3.8, 4) is 11.4 Å². The molecule has 0 spiro atoms. The van der Waals surface area contributed by atoms with Gasteiger partial charge in [0.05, 0.1) is 17.6 Å². The van der Waals surface area contributed by atoms with Crippen LogP contribution in [0.1, 0.15) is 30.4 Å². The van der Waals surface area contributed by atoms with Gasteiger partial charge < -0.3 is 9.88 Å². The molecule has 0 aliphatic heterocycles. The molecule has 0 atom stereocenters. The molecule has 94 valence electrons. The van der Waals surface area contributed by atoms with Gasteiger partial charge in [-0.05, 0) is 19.8 Å². The molecule has 0 unspecified atom stereocenters. The van der Waals surface area contributed by atoms with E-state index in [1.165, 1.54) is 12.8 Å². The highest BCUT2D eigenvalue weighted by atomic mass is 15.1. The van der Waals surface area contributed by atoms with Crippen LogP contribution >= 0.6 is 0 Å². The van der Waals surface area contributed by atoms with Crippen molar-refractivity contribution in [1.82, 2.24) is 19.5 Å². The lowest BCUT2D eigenvalue weighted by atomic mass is 10.2. The lowest BCUT2D eigenvalue weighted by molar-refractivity contribution is 0.854. The number of nitrogens with one attached hydrogen (secondary N) is 1. The number of imidazole rings is 1. The van der Waals surface area contributed by atoms with E-state index in [0.717, 1.165) is 28.9 Å². The molecular formula is C13H17N5. The van der Waals surface area contributed by atoms with Gasteiger partial charge >= 0.3 is 0 Å². The van der Waals surface area contributed by atoms with Crippen LogP contribution in [0, 0.1) is 6.92 Å². The first kappa shape index (κ1) is 11.2. The SMILES string of the molecule is CNc1cc(-c2cnc(C)n2C)nc(C2CC2)n1. The Bertz CT molecular complexity index is 583. The Morgan fingerprint density at radius 2 is 2.11 bits per heavy atom. The highest BCUT2D eigenvalue weighted by Gasteiger charge is 2.27. The fourth-order valence-corrected chi connectivity index (χ4v) is 1.99. The summed E-state index contributed by atoms with van der Waals surface area (Å²) in [6, 6.07) is 1.97. The van der Waals surface area contributed by atoms with Crippen LogP contribution in [0.5, 0.6) is 0 Å². The van der Waals surface area contributed by atoms with E-state index in [9.17, 15) is 0 Å². The summed E-state index contributed by atoms with van der Waals surface area (Å²) in [6.07, 6.45) is 4.28. The molecule has 2 aromatic heterocycles. The van der Waals surface area contributed by atoms with E-state index < -0.39 is 0 Å². The topological polar surface area (TPSA) is 55.6 Å². The first-order valence-electron chi connectivity index (χ1n) is 6.24. The summed E-state index contributed by atoms with van der Waals surface area (Å²) in [5.41, 5.74) is 1.98. The van der Waals surface area contributed by atoms with Gasteiger partial charge in [-0.1, -0.05) is 0 Å². The van der Waals surface area contributed by atoms with Crippen molar-refractivity contribution < 1.29 is 0 Å². The van der Waals surface area contributed by atoms with Crippen LogP contribution in [-0.4, -0.2) is 26.6 Å². The van der Waals surface area contributed by atoms with Crippen molar-refractivity contribution in [2.45, 2.75) is 25.7 Å². The van der Waals surface area contributed by atoms with Crippen LogP contribution in [0.2, 0.25) is 0 Å². The number of aromatic nitrogens is 4. The minimum atomic E-state index is 0.548. The number of hydrogen-bond acceptors (Lipinski definition) is 4. The van der Waals surface area contributed by atoms with Crippen molar-refractivity contribution in [2.24, 2.45) is 7.05 Å². The van der Waals surface area contributed by atoms with E-state index in [2.05, 4.69) is 24.8 Å². The van der Waals surface area contributed by atoms with Gasteiger partial charge in [0.1, 0.15) is 17.5 Å². The average Bonchev–Trinajstić information content (AvgIpc) is 3.17. The highest BCUT2D eigenvalue weighted by Crippen LogP contribution is 2.39. The van der Waals surface area contributed by atoms with Crippen LogP contribution in [0.4, 0.5) is 5.82 Å². The lowest BCUT2D eigenvalue weighted by Gasteiger charge is -2.08. The number of nitrogens with zero attached hydrogens (tertiary/aromatic N) is 4. The summed E-state index contributed by atoms with van der Waals surface area (Å²) in [5.74, 6) is 3.37. The standard InChI is InChI=1S/C13H17N5/c1-8-15-7-11(18(8)3)10-6-12(14-2)17-13(16-10)9-4-5-9/h6-7,9H,4-5H2,1-3H3,(H,14,16,17). The van der Waals surface area contributed by atoms with E-state index in [1.807, 2.05) is 33.3 Å². The Morgan fingerprint density at radius 1 is 1.33 bits per heavy atom.